The number of piperidine rings is 1. The molecule has 2 saturated heterocycles. The van der Waals surface area contributed by atoms with Crippen LogP contribution in [-0.4, -0.2) is 66.6 Å². The summed E-state index contributed by atoms with van der Waals surface area (Å²) in [6.45, 7) is 4.42. The van der Waals surface area contributed by atoms with Crippen LogP contribution in [0.15, 0.2) is 36.8 Å². The van der Waals surface area contributed by atoms with E-state index in [-0.39, 0.29) is 12.2 Å². The number of amides is 1. The molecule has 4 heterocycles. The maximum absolute atomic E-state index is 12.3. The number of hydrogen-bond donors (Lipinski definition) is 2. The highest BCUT2D eigenvalue weighted by atomic mass is 16.8. The van der Waals surface area contributed by atoms with Crippen LogP contribution in [0.4, 0.5) is 5.95 Å². The van der Waals surface area contributed by atoms with Crippen molar-refractivity contribution in [2.45, 2.75) is 44.8 Å². The Kier molecular flexibility index (Phi) is 8.72. The Balaban J connectivity index is 1.03. The minimum atomic E-state index is -0.383. The van der Waals surface area contributed by atoms with Gasteiger partial charge in [-0.15, -0.1) is 0 Å². The first kappa shape index (κ1) is 26.4. The number of aromatic nitrogens is 3. The summed E-state index contributed by atoms with van der Waals surface area (Å²) in [4.78, 5) is 28.7. The first-order chi connectivity index (χ1) is 18.6. The molecule has 1 atom stereocenters. The lowest BCUT2D eigenvalue weighted by Gasteiger charge is -2.32. The van der Waals surface area contributed by atoms with E-state index in [1.807, 2.05) is 6.07 Å². The summed E-state index contributed by atoms with van der Waals surface area (Å²) < 4.78 is 13.1. The normalized spacial score (nSPS) is 18.6. The van der Waals surface area contributed by atoms with Gasteiger partial charge in [0.1, 0.15) is 5.75 Å². The molecule has 0 aliphatic carbocycles. The van der Waals surface area contributed by atoms with E-state index in [0.717, 1.165) is 70.5 Å². The number of rotatable bonds is 10. The van der Waals surface area contributed by atoms with Crippen molar-refractivity contribution in [1.82, 2.24) is 25.3 Å². The Hall–Kier alpha value is -3.21. The largest absolute Gasteiger partial charge is 0.497 e. The van der Waals surface area contributed by atoms with Crippen molar-refractivity contribution >= 4 is 22.8 Å². The molecule has 0 spiro atoms. The quantitative estimate of drug-likeness (QED) is 0.309. The second-order valence-corrected chi connectivity index (χ2v) is 10.1. The molecule has 10 heteroatoms. The van der Waals surface area contributed by atoms with Crippen LogP contribution >= 0.6 is 0 Å². The van der Waals surface area contributed by atoms with Gasteiger partial charge in [0, 0.05) is 62.7 Å². The molecule has 10 nitrogen and oxygen atoms in total. The van der Waals surface area contributed by atoms with Gasteiger partial charge in [-0.3, -0.25) is 4.79 Å². The van der Waals surface area contributed by atoms with Crippen LogP contribution in [0.25, 0.3) is 10.9 Å². The Morgan fingerprint density at radius 1 is 1.16 bits per heavy atom. The van der Waals surface area contributed by atoms with E-state index in [1.165, 1.54) is 16.5 Å². The highest BCUT2D eigenvalue weighted by Crippen LogP contribution is 2.26. The lowest BCUT2D eigenvalue weighted by molar-refractivity contribution is -0.186. The Bertz CT molecular complexity index is 1200. The van der Waals surface area contributed by atoms with Crippen molar-refractivity contribution in [3.05, 3.63) is 47.9 Å². The first-order valence-corrected chi connectivity index (χ1v) is 13.6. The number of benzene rings is 1. The lowest BCUT2D eigenvalue weighted by atomic mass is 9.97. The molecule has 204 valence electrons. The molecular weight excluding hydrogens is 484 g/mol. The lowest BCUT2D eigenvalue weighted by Crippen LogP contribution is -2.38. The molecule has 2 fully saturated rings. The van der Waals surface area contributed by atoms with Gasteiger partial charge in [-0.05, 0) is 74.9 Å². The maximum atomic E-state index is 12.3. The number of methoxy groups -OCH3 is 1. The van der Waals surface area contributed by atoms with Gasteiger partial charge in [0.15, 0.2) is 6.29 Å². The molecule has 5 rings (SSSR count). The van der Waals surface area contributed by atoms with Gasteiger partial charge < -0.3 is 24.3 Å². The van der Waals surface area contributed by atoms with E-state index in [9.17, 15) is 4.79 Å². The van der Waals surface area contributed by atoms with Gasteiger partial charge in [0.2, 0.25) is 5.95 Å². The zero-order valence-electron chi connectivity index (χ0n) is 22.3. The Morgan fingerprint density at radius 2 is 1.97 bits per heavy atom. The highest BCUT2D eigenvalue weighted by molar-refractivity contribution is 5.92. The number of carbonyl (C=O) groups is 1. The standard InChI is InChI=1S/C28H38N6O4/c1-33-19-21(24-15-23(36-2)6-7-25(24)33)8-11-29-16-20-9-12-34(13-10-20)28-30-17-22(18-31-28)27(35)32-38-26-5-3-4-14-37-26/h6-7,15,17-20,26,29H,3-5,8-14,16H2,1-2H3,(H,32,35). The fourth-order valence-corrected chi connectivity index (χ4v) is 5.23. The summed E-state index contributed by atoms with van der Waals surface area (Å²) in [5.41, 5.74) is 5.39. The number of fused-ring (bicyclic) bond motifs is 1. The molecule has 0 radical (unpaired) electrons. The summed E-state index contributed by atoms with van der Waals surface area (Å²) in [5.74, 6) is 1.82. The maximum Gasteiger partial charge on any atom is 0.278 e. The number of ether oxygens (including phenoxy) is 2. The fourth-order valence-electron chi connectivity index (χ4n) is 5.23. The molecule has 1 aromatic carbocycles. The Morgan fingerprint density at radius 3 is 2.71 bits per heavy atom. The summed E-state index contributed by atoms with van der Waals surface area (Å²) in [7, 11) is 3.80. The van der Waals surface area contributed by atoms with Gasteiger partial charge in [0.05, 0.1) is 12.7 Å². The van der Waals surface area contributed by atoms with E-state index in [4.69, 9.17) is 14.3 Å². The molecule has 0 saturated carbocycles. The van der Waals surface area contributed by atoms with Crippen LogP contribution < -0.4 is 20.4 Å². The fraction of sp³-hybridized carbons (Fsp3) is 0.536. The molecule has 2 aliphatic rings. The van der Waals surface area contributed by atoms with Gasteiger partial charge in [0.25, 0.3) is 5.91 Å². The smallest absolute Gasteiger partial charge is 0.278 e. The summed E-state index contributed by atoms with van der Waals surface area (Å²) in [6.07, 6.45) is 10.9. The summed E-state index contributed by atoms with van der Waals surface area (Å²) in [6, 6.07) is 6.26. The summed E-state index contributed by atoms with van der Waals surface area (Å²) >= 11 is 0. The molecule has 2 N–H and O–H groups in total. The topological polar surface area (TPSA) is 103 Å². The number of hydrogen-bond acceptors (Lipinski definition) is 8. The first-order valence-electron chi connectivity index (χ1n) is 13.6. The van der Waals surface area contributed by atoms with Crippen molar-refractivity contribution in [3.63, 3.8) is 0 Å². The molecule has 3 aromatic rings. The van der Waals surface area contributed by atoms with Crippen LogP contribution in [0.3, 0.4) is 0 Å². The van der Waals surface area contributed by atoms with Crippen molar-refractivity contribution in [3.8, 4) is 5.75 Å². The second kappa shape index (κ2) is 12.6. The van der Waals surface area contributed by atoms with E-state index >= 15 is 0 Å². The highest BCUT2D eigenvalue weighted by Gasteiger charge is 2.22. The van der Waals surface area contributed by atoms with Gasteiger partial charge in [-0.1, -0.05) is 0 Å². The number of carbonyl (C=O) groups excluding carboxylic acids is 1. The third-order valence-electron chi connectivity index (χ3n) is 7.50. The van der Waals surface area contributed by atoms with Gasteiger partial charge in [-0.25, -0.2) is 20.3 Å². The molecule has 0 bridgehead atoms. The molecular formula is C28H38N6O4. The second-order valence-electron chi connectivity index (χ2n) is 10.1. The van der Waals surface area contributed by atoms with Gasteiger partial charge >= 0.3 is 0 Å². The van der Waals surface area contributed by atoms with Crippen LogP contribution in [0.1, 0.15) is 48.0 Å². The van der Waals surface area contributed by atoms with Crippen LogP contribution in [0.2, 0.25) is 0 Å². The average molecular weight is 523 g/mol. The van der Waals surface area contributed by atoms with Crippen LogP contribution in [0, 0.1) is 5.92 Å². The predicted molar refractivity (Wildman–Crippen MR) is 145 cm³/mol. The van der Waals surface area contributed by atoms with Crippen molar-refractivity contribution in [1.29, 1.82) is 0 Å². The van der Waals surface area contributed by atoms with Crippen LogP contribution in [-0.2, 0) is 23.0 Å². The monoisotopic (exact) mass is 522 g/mol. The Labute approximate surface area is 223 Å². The third kappa shape index (κ3) is 6.43. The van der Waals surface area contributed by atoms with E-state index in [1.54, 1.807) is 19.5 Å². The van der Waals surface area contributed by atoms with Crippen LogP contribution in [0.5, 0.6) is 5.75 Å². The van der Waals surface area contributed by atoms with Crippen molar-refractivity contribution in [2.75, 3.05) is 44.8 Å². The predicted octanol–water partition coefficient (Wildman–Crippen LogP) is 3.21. The molecule has 2 aliphatic heterocycles. The van der Waals surface area contributed by atoms with Crippen molar-refractivity contribution in [2.24, 2.45) is 13.0 Å². The van der Waals surface area contributed by atoms with E-state index < -0.39 is 0 Å². The number of nitrogens with zero attached hydrogens (tertiary/aromatic N) is 4. The zero-order valence-corrected chi connectivity index (χ0v) is 22.3. The SMILES string of the molecule is COc1ccc2c(c1)c(CCNCC1CCN(c3ncc(C(=O)NOC4CCCCO4)cn3)CC1)cn2C. The average Bonchev–Trinajstić information content (AvgIpc) is 3.29. The van der Waals surface area contributed by atoms with Crippen molar-refractivity contribution < 1.29 is 19.1 Å². The molecule has 2 aromatic heterocycles. The summed E-state index contributed by atoms with van der Waals surface area (Å²) in [5, 5.41) is 4.92. The van der Waals surface area contributed by atoms with E-state index in [2.05, 4.69) is 55.6 Å². The zero-order chi connectivity index (χ0) is 26.3. The molecule has 1 unspecified atom stereocenters. The molecule has 1 amide bonds. The third-order valence-corrected chi connectivity index (χ3v) is 7.50. The minimum absolute atomic E-state index is 0.363. The number of nitrogens with one attached hydrogen (secondary N) is 2. The number of anilines is 1. The number of hydroxylamine groups is 1. The van der Waals surface area contributed by atoms with Gasteiger partial charge in [-0.2, -0.15) is 0 Å². The van der Waals surface area contributed by atoms with E-state index in [0.29, 0.717) is 24.0 Å². The number of aryl methyl sites for hydroxylation is 1. The minimum Gasteiger partial charge on any atom is -0.497 e. The molecule has 38 heavy (non-hydrogen) atoms.